The lowest BCUT2D eigenvalue weighted by Gasteiger charge is -2.30. The molecule has 3 heterocycles. The molecule has 3 aromatic rings. The Morgan fingerprint density at radius 1 is 1.21 bits per heavy atom. The first-order valence-corrected chi connectivity index (χ1v) is 13.9. The predicted molar refractivity (Wildman–Crippen MR) is 146 cm³/mol. The van der Waals surface area contributed by atoms with Crippen LogP contribution in [0.25, 0.3) is 22.4 Å². The lowest BCUT2D eigenvalue weighted by Crippen LogP contribution is -2.42. The lowest BCUT2D eigenvalue weighted by molar-refractivity contribution is 0.0486. The molecule has 2 fully saturated rings. The normalized spacial score (nSPS) is 23.9. The molecule has 5 unspecified atom stereocenters. The van der Waals surface area contributed by atoms with Crippen molar-refractivity contribution in [1.82, 2.24) is 24.8 Å². The van der Waals surface area contributed by atoms with Gasteiger partial charge in [-0.25, -0.2) is 28.5 Å². The minimum Gasteiger partial charge on any atom is -0.444 e. The molecule has 2 aliphatic rings. The minimum atomic E-state index is -0.551. The van der Waals surface area contributed by atoms with Crippen LogP contribution in [0.5, 0.6) is 0 Å². The number of anilines is 1. The third-order valence-electron chi connectivity index (χ3n) is 7.91. The summed E-state index contributed by atoms with van der Waals surface area (Å²) in [5, 5.41) is 6.73. The Morgan fingerprint density at radius 2 is 1.97 bits per heavy atom. The van der Waals surface area contributed by atoms with Gasteiger partial charge in [0.25, 0.3) is 0 Å². The highest BCUT2D eigenvalue weighted by atomic mass is 19.1. The number of amides is 1. The van der Waals surface area contributed by atoms with E-state index in [1.807, 2.05) is 27.0 Å². The van der Waals surface area contributed by atoms with Gasteiger partial charge < -0.3 is 19.9 Å². The molecule has 0 aromatic carbocycles. The van der Waals surface area contributed by atoms with Crippen LogP contribution < -0.4 is 10.6 Å². The van der Waals surface area contributed by atoms with E-state index in [-0.39, 0.29) is 23.8 Å². The molecule has 210 valence electrons. The van der Waals surface area contributed by atoms with Crippen molar-refractivity contribution in [1.29, 1.82) is 0 Å². The van der Waals surface area contributed by atoms with E-state index in [1.54, 1.807) is 0 Å². The molecule has 2 aliphatic carbocycles. The molecular formula is C29H38F2N6O2. The molecule has 3 aromatic heterocycles. The van der Waals surface area contributed by atoms with E-state index in [9.17, 15) is 13.6 Å². The van der Waals surface area contributed by atoms with Crippen molar-refractivity contribution in [3.05, 3.63) is 36.3 Å². The zero-order chi connectivity index (χ0) is 27.9. The van der Waals surface area contributed by atoms with Crippen LogP contribution >= 0.6 is 0 Å². The average molecular weight is 541 g/mol. The van der Waals surface area contributed by atoms with Gasteiger partial charge in [-0.15, -0.1) is 0 Å². The molecule has 5 atom stereocenters. The fourth-order valence-electron chi connectivity index (χ4n) is 5.77. The van der Waals surface area contributed by atoms with E-state index >= 15 is 0 Å². The summed E-state index contributed by atoms with van der Waals surface area (Å²) in [6, 6.07) is 1.65. The summed E-state index contributed by atoms with van der Waals surface area (Å²) in [6.45, 7) is 10.4. The van der Waals surface area contributed by atoms with Crippen molar-refractivity contribution in [2.45, 2.75) is 84.4 Å². The number of hydrogen-bond donors (Lipinski definition) is 2. The maximum atomic E-state index is 14.8. The number of carbonyl (C=O) groups excluding carboxylic acids is 1. The number of pyridine rings is 1. The highest BCUT2D eigenvalue weighted by Gasteiger charge is 2.39. The zero-order valence-electron chi connectivity index (χ0n) is 23.3. The number of alkyl carbamates (subject to hydrolysis) is 1. The maximum Gasteiger partial charge on any atom is 0.407 e. The first kappa shape index (κ1) is 27.3. The van der Waals surface area contributed by atoms with Crippen LogP contribution in [0.2, 0.25) is 0 Å². The Hall–Kier alpha value is -3.30. The van der Waals surface area contributed by atoms with Gasteiger partial charge in [-0.3, -0.25) is 0 Å². The molecule has 0 radical (unpaired) electrons. The van der Waals surface area contributed by atoms with Gasteiger partial charge in [0.2, 0.25) is 0 Å². The van der Waals surface area contributed by atoms with Gasteiger partial charge in [0.15, 0.2) is 17.5 Å². The van der Waals surface area contributed by atoms with E-state index in [1.165, 1.54) is 12.3 Å². The van der Waals surface area contributed by atoms with E-state index in [0.717, 1.165) is 38.3 Å². The minimum absolute atomic E-state index is 0.0101. The van der Waals surface area contributed by atoms with Crippen molar-refractivity contribution in [2.75, 3.05) is 11.9 Å². The molecule has 2 saturated carbocycles. The first-order chi connectivity index (χ1) is 18.5. The summed E-state index contributed by atoms with van der Waals surface area (Å²) in [6.07, 6.45) is 8.60. The summed E-state index contributed by atoms with van der Waals surface area (Å²) in [7, 11) is 0. The molecule has 1 amide bonds. The molecule has 5 rings (SSSR count). The second kappa shape index (κ2) is 10.7. The number of carbonyl (C=O) groups is 1. The number of ether oxygens (including phenoxy) is 1. The number of hydrogen-bond acceptors (Lipinski definition) is 6. The predicted octanol–water partition coefficient (Wildman–Crippen LogP) is 6.48. The Balaban J connectivity index is 1.31. The Labute approximate surface area is 228 Å². The topological polar surface area (TPSA) is 94.0 Å². The first-order valence-electron chi connectivity index (χ1n) is 13.9. The number of nitrogens with one attached hydrogen (secondary N) is 2. The Bertz CT molecular complexity index is 1350. The Kier molecular flexibility index (Phi) is 7.48. The summed E-state index contributed by atoms with van der Waals surface area (Å²) < 4.78 is 36.5. The highest BCUT2D eigenvalue weighted by molar-refractivity contribution is 5.92. The summed E-state index contributed by atoms with van der Waals surface area (Å²) in [4.78, 5) is 25.3. The number of nitrogens with zero attached hydrogens (tertiary/aromatic N) is 4. The van der Waals surface area contributed by atoms with E-state index in [4.69, 9.17) is 4.74 Å². The number of rotatable bonds is 7. The maximum absolute atomic E-state index is 14.8. The standard InChI is InChI=1S/C29H38F2N6O2/c1-16-9-21(16)17(2)37-15-23(22-11-19(30)13-34-27(22)37)25-33-14-24(31)26(36-25)32-12-18-7-6-8-20(10-18)35-28(38)39-29(3,4)5/h11,13-18,20-21H,6-10,12H2,1-5H3,(H,35,38)(H,32,33,36). The molecule has 2 N–H and O–H groups in total. The van der Waals surface area contributed by atoms with Crippen LogP contribution in [0.1, 0.15) is 72.8 Å². The van der Waals surface area contributed by atoms with E-state index in [0.29, 0.717) is 40.8 Å². The van der Waals surface area contributed by atoms with Gasteiger partial charge in [-0.2, -0.15) is 0 Å². The molecule has 0 bridgehead atoms. The van der Waals surface area contributed by atoms with Crippen LogP contribution in [-0.4, -0.2) is 43.8 Å². The van der Waals surface area contributed by atoms with Crippen LogP contribution in [0, 0.1) is 29.4 Å². The molecule has 0 aliphatic heterocycles. The van der Waals surface area contributed by atoms with Gasteiger partial charge >= 0.3 is 6.09 Å². The highest BCUT2D eigenvalue weighted by Crippen LogP contribution is 2.47. The van der Waals surface area contributed by atoms with Gasteiger partial charge in [0, 0.05) is 35.8 Å². The second-order valence-corrected chi connectivity index (χ2v) is 12.2. The summed E-state index contributed by atoms with van der Waals surface area (Å²) in [5.41, 5.74) is 0.746. The largest absolute Gasteiger partial charge is 0.444 e. The number of fused-ring (bicyclic) bond motifs is 1. The monoisotopic (exact) mass is 540 g/mol. The van der Waals surface area contributed by atoms with Gasteiger partial charge in [-0.1, -0.05) is 13.3 Å². The van der Waals surface area contributed by atoms with E-state index < -0.39 is 23.3 Å². The second-order valence-electron chi connectivity index (χ2n) is 12.2. The van der Waals surface area contributed by atoms with Crippen molar-refractivity contribution in [2.24, 2.45) is 17.8 Å². The molecule has 39 heavy (non-hydrogen) atoms. The Morgan fingerprint density at radius 3 is 2.69 bits per heavy atom. The number of aromatic nitrogens is 4. The molecule has 8 nitrogen and oxygen atoms in total. The quantitative estimate of drug-likeness (QED) is 0.356. The smallest absolute Gasteiger partial charge is 0.407 e. The van der Waals surface area contributed by atoms with E-state index in [2.05, 4.69) is 44.0 Å². The van der Waals surface area contributed by atoms with Crippen molar-refractivity contribution >= 4 is 22.9 Å². The van der Waals surface area contributed by atoms with Crippen LogP contribution in [0.4, 0.5) is 19.4 Å². The molecule has 0 saturated heterocycles. The lowest BCUT2D eigenvalue weighted by atomic mass is 9.85. The molecule has 10 heteroatoms. The third-order valence-corrected chi connectivity index (χ3v) is 7.91. The van der Waals surface area contributed by atoms with Gasteiger partial charge in [-0.05, 0) is 77.2 Å². The van der Waals surface area contributed by atoms with Crippen molar-refractivity contribution < 1.29 is 18.3 Å². The van der Waals surface area contributed by atoms with Gasteiger partial charge in [0.1, 0.15) is 17.1 Å². The summed E-state index contributed by atoms with van der Waals surface area (Å²) >= 11 is 0. The van der Waals surface area contributed by atoms with Crippen LogP contribution in [0.3, 0.4) is 0 Å². The van der Waals surface area contributed by atoms with Gasteiger partial charge in [0.05, 0.1) is 12.4 Å². The number of halogens is 2. The summed E-state index contributed by atoms with van der Waals surface area (Å²) in [5.74, 6) is 0.842. The van der Waals surface area contributed by atoms with Crippen molar-refractivity contribution in [3.8, 4) is 11.4 Å². The average Bonchev–Trinajstić information content (AvgIpc) is 3.48. The fraction of sp³-hybridized carbons (Fsp3) is 0.586. The zero-order valence-corrected chi connectivity index (χ0v) is 23.3. The van der Waals surface area contributed by atoms with Crippen LogP contribution in [-0.2, 0) is 4.74 Å². The molecular weight excluding hydrogens is 502 g/mol. The van der Waals surface area contributed by atoms with Crippen molar-refractivity contribution in [3.63, 3.8) is 0 Å². The molecule has 0 spiro atoms. The fourth-order valence-corrected chi connectivity index (χ4v) is 5.77. The van der Waals surface area contributed by atoms with Crippen LogP contribution in [0.15, 0.2) is 24.7 Å². The third kappa shape index (κ3) is 6.31. The SMILES string of the molecule is CC1CC1C(C)n1cc(-c2ncc(F)c(NCC3CCCC(NC(=O)OC(C)(C)C)C3)n2)c2cc(F)cnc21.